The van der Waals surface area contributed by atoms with Gasteiger partial charge < -0.3 is 10.4 Å². The molecule has 6 nitrogen and oxygen atoms in total. The molecule has 2 aromatic rings. The van der Waals surface area contributed by atoms with E-state index < -0.39 is 0 Å². The van der Waals surface area contributed by atoms with Crippen molar-refractivity contribution in [3.05, 3.63) is 51.0 Å². The fraction of sp³-hybridized carbons (Fsp3) is 0.353. The summed E-state index contributed by atoms with van der Waals surface area (Å²) in [6.45, 7) is 0.164. The van der Waals surface area contributed by atoms with Gasteiger partial charge in [0.2, 0.25) is 5.91 Å². The molecular formula is C17H18ClN3O3S. The number of hydrogen-bond donors (Lipinski definition) is 2. The average Bonchev–Trinajstić information content (AvgIpc) is 3.05. The fourth-order valence-electron chi connectivity index (χ4n) is 2.93. The van der Waals surface area contributed by atoms with Crippen molar-refractivity contribution in [1.82, 2.24) is 9.55 Å². The molecule has 0 radical (unpaired) electrons. The predicted molar refractivity (Wildman–Crippen MR) is 98.4 cm³/mol. The highest BCUT2D eigenvalue weighted by Gasteiger charge is 2.22. The maximum Gasteiger partial charge on any atom is 0.348 e. The molecular weight excluding hydrogens is 362 g/mol. The van der Waals surface area contributed by atoms with Gasteiger partial charge in [-0.05, 0) is 37.5 Å². The molecule has 0 spiro atoms. The van der Waals surface area contributed by atoms with Crippen LogP contribution in [0.1, 0.15) is 17.7 Å². The van der Waals surface area contributed by atoms with Gasteiger partial charge in [0.05, 0.1) is 18.9 Å². The Bertz CT molecular complexity index is 854. The van der Waals surface area contributed by atoms with Gasteiger partial charge in [0.15, 0.2) is 0 Å². The Morgan fingerprint density at radius 3 is 3.00 bits per heavy atom. The number of anilines is 1. The maximum atomic E-state index is 12.2. The molecule has 1 aromatic carbocycles. The Balaban J connectivity index is 1.71. The van der Waals surface area contributed by atoms with Gasteiger partial charge in [0.1, 0.15) is 5.03 Å². The molecule has 2 N–H and O–H groups in total. The van der Waals surface area contributed by atoms with Crippen molar-refractivity contribution in [3.63, 3.8) is 0 Å². The lowest BCUT2D eigenvalue weighted by Crippen LogP contribution is -2.28. The van der Waals surface area contributed by atoms with Gasteiger partial charge in [-0.3, -0.25) is 9.36 Å². The van der Waals surface area contributed by atoms with Gasteiger partial charge in [-0.2, -0.15) is 4.98 Å². The number of carbonyl (C=O) groups is 1. The molecule has 25 heavy (non-hydrogen) atoms. The number of nitrogens with zero attached hydrogens (tertiary/aromatic N) is 2. The van der Waals surface area contributed by atoms with Crippen LogP contribution in [0.15, 0.2) is 34.1 Å². The van der Waals surface area contributed by atoms with Crippen molar-refractivity contribution in [3.8, 4) is 0 Å². The summed E-state index contributed by atoms with van der Waals surface area (Å²) >= 11 is 7.17. The highest BCUT2D eigenvalue weighted by molar-refractivity contribution is 8.00. The summed E-state index contributed by atoms with van der Waals surface area (Å²) in [5, 5.41) is 13.1. The van der Waals surface area contributed by atoms with Gasteiger partial charge in [-0.1, -0.05) is 29.4 Å². The second-order valence-corrected chi connectivity index (χ2v) is 7.10. The third-order valence-corrected chi connectivity index (χ3v) is 5.23. The largest absolute Gasteiger partial charge is 0.395 e. The molecule has 1 aliphatic carbocycles. The van der Waals surface area contributed by atoms with Crippen LogP contribution in [-0.4, -0.2) is 32.9 Å². The van der Waals surface area contributed by atoms with Crippen molar-refractivity contribution in [2.45, 2.75) is 30.8 Å². The summed E-state index contributed by atoms with van der Waals surface area (Å²) < 4.78 is 1.54. The van der Waals surface area contributed by atoms with Gasteiger partial charge in [0.25, 0.3) is 0 Å². The smallest absolute Gasteiger partial charge is 0.348 e. The van der Waals surface area contributed by atoms with E-state index in [1.54, 1.807) is 28.8 Å². The number of nitrogens with one attached hydrogen (secondary N) is 1. The van der Waals surface area contributed by atoms with Crippen LogP contribution in [-0.2, 0) is 24.2 Å². The van der Waals surface area contributed by atoms with Crippen molar-refractivity contribution >= 4 is 35.0 Å². The van der Waals surface area contributed by atoms with Crippen molar-refractivity contribution in [1.29, 1.82) is 0 Å². The van der Waals surface area contributed by atoms with Crippen molar-refractivity contribution in [2.24, 2.45) is 0 Å². The number of carbonyl (C=O) groups excluding carboxylic acids is 1. The number of aromatic nitrogens is 2. The number of halogens is 1. The van der Waals surface area contributed by atoms with E-state index in [0.717, 1.165) is 30.5 Å². The lowest BCUT2D eigenvalue weighted by Gasteiger charge is -2.13. The first-order chi connectivity index (χ1) is 12.1. The molecule has 1 aliphatic rings. The quantitative estimate of drug-likeness (QED) is 0.593. The first kappa shape index (κ1) is 18.0. The number of hydrogen-bond acceptors (Lipinski definition) is 5. The zero-order valence-electron chi connectivity index (χ0n) is 13.5. The van der Waals surface area contributed by atoms with Crippen LogP contribution >= 0.6 is 23.4 Å². The summed E-state index contributed by atoms with van der Waals surface area (Å²) in [4.78, 5) is 28.4. The van der Waals surface area contributed by atoms with Crippen molar-refractivity contribution in [2.75, 3.05) is 17.7 Å². The summed E-state index contributed by atoms with van der Waals surface area (Å²) in [7, 11) is 0. The van der Waals surface area contributed by atoms with E-state index in [1.165, 1.54) is 11.8 Å². The van der Waals surface area contributed by atoms with E-state index in [2.05, 4.69) is 10.3 Å². The third kappa shape index (κ3) is 4.23. The van der Waals surface area contributed by atoms with E-state index >= 15 is 0 Å². The third-order valence-electron chi connectivity index (χ3n) is 3.97. The van der Waals surface area contributed by atoms with Gasteiger partial charge >= 0.3 is 5.69 Å². The number of benzene rings is 1. The molecule has 0 atom stereocenters. The number of rotatable bonds is 6. The summed E-state index contributed by atoms with van der Waals surface area (Å²) in [6.07, 6.45) is 2.59. The first-order valence-electron chi connectivity index (χ1n) is 8.00. The Morgan fingerprint density at radius 2 is 2.24 bits per heavy atom. The molecule has 0 aliphatic heterocycles. The first-order valence-corrected chi connectivity index (χ1v) is 9.36. The molecule has 0 saturated carbocycles. The molecule has 3 rings (SSSR count). The normalized spacial score (nSPS) is 12.9. The number of fused-ring (bicyclic) bond motifs is 1. The monoisotopic (exact) mass is 379 g/mol. The SMILES string of the molecule is O=C(CSc1nc(=O)n(CCO)c2c1CCC2)Nc1cccc(Cl)c1. The summed E-state index contributed by atoms with van der Waals surface area (Å²) in [5.74, 6) is -0.0181. The Kier molecular flexibility index (Phi) is 5.78. The molecule has 8 heteroatoms. The van der Waals surface area contributed by atoms with Gasteiger partial charge in [0, 0.05) is 22.0 Å². The molecule has 0 unspecified atom stereocenters. The standard InChI is InChI=1S/C17H18ClN3O3S/c18-11-3-1-4-12(9-11)19-15(23)10-25-16-13-5-2-6-14(13)21(7-8-22)17(24)20-16/h1,3-4,9,22H,2,5-8,10H2,(H,19,23). The van der Waals surface area contributed by atoms with Crippen LogP contribution in [0.25, 0.3) is 0 Å². The number of amides is 1. The lowest BCUT2D eigenvalue weighted by atomic mass is 10.2. The Hall–Kier alpha value is -1.83. The van der Waals surface area contributed by atoms with Crippen LogP contribution in [0, 0.1) is 0 Å². The second kappa shape index (κ2) is 8.03. The van der Waals surface area contributed by atoms with Gasteiger partial charge in [-0.15, -0.1) is 0 Å². The highest BCUT2D eigenvalue weighted by atomic mass is 35.5. The van der Waals surface area contributed by atoms with Crippen molar-refractivity contribution < 1.29 is 9.90 Å². The van der Waals surface area contributed by atoms with Crippen LogP contribution in [0.2, 0.25) is 5.02 Å². The van der Waals surface area contributed by atoms with E-state index in [1.807, 2.05) is 0 Å². The van der Waals surface area contributed by atoms with Gasteiger partial charge in [-0.25, -0.2) is 4.79 Å². The summed E-state index contributed by atoms with van der Waals surface area (Å²) in [6, 6.07) is 6.94. The molecule has 0 fully saturated rings. The van der Waals surface area contributed by atoms with Crippen LogP contribution in [0.4, 0.5) is 5.69 Å². The lowest BCUT2D eigenvalue weighted by molar-refractivity contribution is -0.113. The topological polar surface area (TPSA) is 84.2 Å². The van der Waals surface area contributed by atoms with E-state index in [4.69, 9.17) is 16.7 Å². The van der Waals surface area contributed by atoms with E-state index in [0.29, 0.717) is 15.7 Å². The van der Waals surface area contributed by atoms with E-state index in [-0.39, 0.29) is 30.5 Å². The number of aliphatic hydroxyl groups excluding tert-OH is 1. The number of thioether (sulfide) groups is 1. The fourth-order valence-corrected chi connectivity index (χ4v) is 4.00. The maximum absolute atomic E-state index is 12.2. The Labute approximate surface area is 154 Å². The Morgan fingerprint density at radius 1 is 1.40 bits per heavy atom. The molecule has 0 bridgehead atoms. The molecule has 1 heterocycles. The summed E-state index contributed by atoms with van der Waals surface area (Å²) in [5.41, 5.74) is 2.22. The molecule has 0 saturated heterocycles. The minimum absolute atomic E-state index is 0.0947. The minimum atomic E-state index is -0.368. The highest BCUT2D eigenvalue weighted by Crippen LogP contribution is 2.29. The van der Waals surface area contributed by atoms with Crippen LogP contribution in [0.5, 0.6) is 0 Å². The minimum Gasteiger partial charge on any atom is -0.395 e. The van der Waals surface area contributed by atoms with E-state index in [9.17, 15) is 9.59 Å². The average molecular weight is 380 g/mol. The van der Waals surface area contributed by atoms with Crippen LogP contribution in [0.3, 0.4) is 0 Å². The predicted octanol–water partition coefficient (Wildman–Crippen LogP) is 2.11. The zero-order valence-corrected chi connectivity index (χ0v) is 15.1. The van der Waals surface area contributed by atoms with Crippen LogP contribution < -0.4 is 11.0 Å². The molecule has 132 valence electrons. The second-order valence-electron chi connectivity index (χ2n) is 5.70. The number of aliphatic hydroxyl groups is 1. The zero-order chi connectivity index (χ0) is 17.8. The molecule has 1 aromatic heterocycles. The molecule has 1 amide bonds.